The molecule has 5 nitrogen and oxygen atoms in total. The van der Waals surface area contributed by atoms with Gasteiger partial charge in [-0.2, -0.15) is 4.89 Å². The van der Waals surface area contributed by atoms with Gasteiger partial charge in [-0.05, 0) is 17.7 Å². The number of carbonyl (C=O) groups excluding carboxylic acids is 1. The van der Waals surface area contributed by atoms with Crippen LogP contribution in [0.2, 0.25) is 0 Å². The van der Waals surface area contributed by atoms with Crippen LogP contribution in [0.25, 0.3) is 0 Å². The van der Waals surface area contributed by atoms with Gasteiger partial charge >= 0.3 is 6.09 Å². The minimum Gasteiger partial charge on any atom is -0.388 e. The van der Waals surface area contributed by atoms with Gasteiger partial charge in [0.25, 0.3) is 0 Å². The normalized spacial score (nSPS) is 12.1. The van der Waals surface area contributed by atoms with Crippen molar-refractivity contribution in [1.29, 1.82) is 0 Å². The van der Waals surface area contributed by atoms with Gasteiger partial charge in [0.2, 0.25) is 0 Å². The molecule has 1 aromatic rings. The summed E-state index contributed by atoms with van der Waals surface area (Å²) in [6.07, 6.45) is -1.77. The molecule has 0 aliphatic heterocycles. The van der Waals surface area contributed by atoms with Crippen molar-refractivity contribution in [3.63, 3.8) is 0 Å². The largest absolute Gasteiger partial charge is 0.436 e. The average molecular weight is 229 g/mol. The number of amides is 1. The molecule has 3 N–H and O–H groups in total. The number of nitrogens with two attached hydrogens (primary N) is 1. The number of hydrogen-bond donors (Lipinski definition) is 2. The lowest BCUT2D eigenvalue weighted by Crippen LogP contribution is -2.14. The van der Waals surface area contributed by atoms with Gasteiger partial charge in [0.05, 0.1) is 12.7 Å². The predicted molar refractivity (Wildman–Crippen MR) is 52.6 cm³/mol. The number of carbonyl (C=O) groups is 1. The molecule has 0 bridgehead atoms. The first-order valence-electron chi connectivity index (χ1n) is 4.62. The highest BCUT2D eigenvalue weighted by molar-refractivity contribution is 5.63. The molecule has 0 saturated heterocycles. The van der Waals surface area contributed by atoms with E-state index < -0.39 is 18.0 Å². The van der Waals surface area contributed by atoms with Crippen molar-refractivity contribution in [2.75, 3.05) is 6.61 Å². The summed E-state index contributed by atoms with van der Waals surface area (Å²) in [5, 5.41) is 9.59. The van der Waals surface area contributed by atoms with Gasteiger partial charge < -0.3 is 10.8 Å². The topological polar surface area (TPSA) is 81.8 Å². The minimum atomic E-state index is -1.06. The fourth-order valence-corrected chi connectivity index (χ4v) is 1.14. The highest BCUT2D eigenvalue weighted by Crippen LogP contribution is 2.17. The maximum absolute atomic E-state index is 12.8. The zero-order valence-electron chi connectivity index (χ0n) is 8.43. The molecule has 88 valence electrons. The van der Waals surface area contributed by atoms with E-state index >= 15 is 0 Å². The van der Waals surface area contributed by atoms with Crippen LogP contribution in [0, 0.1) is 5.82 Å². The van der Waals surface area contributed by atoms with Gasteiger partial charge in [0.15, 0.2) is 0 Å². The van der Waals surface area contributed by atoms with Crippen molar-refractivity contribution in [3.05, 3.63) is 35.6 Å². The van der Waals surface area contributed by atoms with Gasteiger partial charge in [-0.15, -0.1) is 0 Å². The first-order chi connectivity index (χ1) is 7.59. The second-order valence-electron chi connectivity index (χ2n) is 3.08. The fourth-order valence-electron chi connectivity index (χ4n) is 1.14. The fraction of sp³-hybridized carbons (Fsp3) is 0.300. The van der Waals surface area contributed by atoms with Crippen LogP contribution in [0.5, 0.6) is 0 Å². The number of aliphatic hydroxyl groups is 1. The Balaban J connectivity index is 2.35. The zero-order chi connectivity index (χ0) is 12.0. The Kier molecular flexibility index (Phi) is 4.68. The van der Waals surface area contributed by atoms with Crippen LogP contribution in [0.15, 0.2) is 24.3 Å². The molecule has 1 atom stereocenters. The summed E-state index contributed by atoms with van der Waals surface area (Å²) >= 11 is 0. The summed E-state index contributed by atoms with van der Waals surface area (Å²) in [5.41, 5.74) is 5.08. The molecule has 0 aromatic heterocycles. The molecule has 1 unspecified atom stereocenters. The van der Waals surface area contributed by atoms with Gasteiger partial charge in [-0.3, -0.25) is 4.89 Å². The van der Waals surface area contributed by atoms with Crippen LogP contribution < -0.4 is 5.73 Å². The molecule has 0 aliphatic rings. The summed E-state index contributed by atoms with van der Waals surface area (Å²) in [6.45, 7) is -0.0272. The van der Waals surface area contributed by atoms with Crippen LogP contribution in [0.3, 0.4) is 0 Å². The molecule has 0 spiro atoms. The maximum Gasteiger partial charge on any atom is 0.436 e. The number of hydrogen-bond acceptors (Lipinski definition) is 4. The molecular weight excluding hydrogens is 217 g/mol. The third-order valence-corrected chi connectivity index (χ3v) is 1.85. The van der Waals surface area contributed by atoms with Crippen LogP contribution in [0.4, 0.5) is 9.18 Å². The summed E-state index contributed by atoms with van der Waals surface area (Å²) in [4.78, 5) is 18.5. The Labute approximate surface area is 91.5 Å². The Bertz CT molecular complexity index is 358. The van der Waals surface area contributed by atoms with E-state index in [0.29, 0.717) is 5.56 Å². The maximum atomic E-state index is 12.8. The first kappa shape index (κ1) is 12.4. The van der Waals surface area contributed by atoms with Gasteiger partial charge in [-0.25, -0.2) is 9.18 Å². The molecular formula is C10H12FNO4. The molecule has 16 heavy (non-hydrogen) atoms. The lowest BCUT2D eigenvalue weighted by Gasteiger charge is -2.10. The Morgan fingerprint density at radius 1 is 1.56 bits per heavy atom. The quantitative estimate of drug-likeness (QED) is 0.452. The zero-order valence-corrected chi connectivity index (χ0v) is 8.43. The molecule has 0 heterocycles. The first-order valence-corrected chi connectivity index (χ1v) is 4.62. The van der Waals surface area contributed by atoms with Crippen LogP contribution >= 0.6 is 0 Å². The lowest BCUT2D eigenvalue weighted by molar-refractivity contribution is -0.239. The van der Waals surface area contributed by atoms with Crippen LogP contribution in [-0.4, -0.2) is 17.8 Å². The molecule has 1 amide bonds. The van der Waals surface area contributed by atoms with Crippen molar-refractivity contribution in [3.8, 4) is 0 Å². The standard InChI is InChI=1S/C10H12FNO4/c11-8-3-1-2-7(6-8)9(13)4-5-15-16-10(12)14/h1-3,6,9,13H,4-5H2,(H2,12,14). The van der Waals surface area contributed by atoms with E-state index in [4.69, 9.17) is 0 Å². The van der Waals surface area contributed by atoms with Gasteiger partial charge in [0.1, 0.15) is 5.82 Å². The molecule has 6 heteroatoms. The lowest BCUT2D eigenvalue weighted by atomic mass is 10.1. The summed E-state index contributed by atoms with van der Waals surface area (Å²) < 4.78 is 12.8. The predicted octanol–water partition coefficient (Wildman–Crippen LogP) is 1.28. The van der Waals surface area contributed by atoms with E-state index in [0.717, 1.165) is 0 Å². The van der Waals surface area contributed by atoms with Crippen molar-refractivity contribution in [1.82, 2.24) is 0 Å². The third kappa shape index (κ3) is 4.24. The minimum absolute atomic E-state index is 0.0272. The second-order valence-corrected chi connectivity index (χ2v) is 3.08. The monoisotopic (exact) mass is 229 g/mol. The Morgan fingerprint density at radius 3 is 2.94 bits per heavy atom. The number of aliphatic hydroxyl groups excluding tert-OH is 1. The van der Waals surface area contributed by atoms with Crippen LogP contribution in [0.1, 0.15) is 18.1 Å². The van der Waals surface area contributed by atoms with E-state index in [1.165, 1.54) is 18.2 Å². The third-order valence-electron chi connectivity index (χ3n) is 1.85. The highest BCUT2D eigenvalue weighted by Gasteiger charge is 2.08. The summed E-state index contributed by atoms with van der Waals surface area (Å²) in [7, 11) is 0. The number of benzene rings is 1. The van der Waals surface area contributed by atoms with E-state index in [9.17, 15) is 14.3 Å². The molecule has 0 saturated carbocycles. The van der Waals surface area contributed by atoms with Crippen molar-refractivity contribution in [2.45, 2.75) is 12.5 Å². The van der Waals surface area contributed by atoms with Crippen molar-refractivity contribution in [2.24, 2.45) is 5.73 Å². The van der Waals surface area contributed by atoms with Gasteiger partial charge in [-0.1, -0.05) is 12.1 Å². The number of primary amides is 1. The van der Waals surface area contributed by atoms with E-state index in [-0.39, 0.29) is 13.0 Å². The molecule has 0 aliphatic carbocycles. The SMILES string of the molecule is NC(=O)OOCCC(O)c1cccc(F)c1. The van der Waals surface area contributed by atoms with Crippen LogP contribution in [-0.2, 0) is 9.78 Å². The van der Waals surface area contributed by atoms with E-state index in [1.54, 1.807) is 6.07 Å². The smallest absolute Gasteiger partial charge is 0.388 e. The molecule has 0 radical (unpaired) electrons. The molecule has 1 rings (SSSR count). The Morgan fingerprint density at radius 2 is 2.31 bits per heavy atom. The summed E-state index contributed by atoms with van der Waals surface area (Å²) in [6, 6.07) is 5.58. The van der Waals surface area contributed by atoms with Crippen molar-refractivity contribution < 1.29 is 24.1 Å². The number of halogens is 1. The van der Waals surface area contributed by atoms with Gasteiger partial charge in [0, 0.05) is 6.42 Å². The average Bonchev–Trinajstić information content (AvgIpc) is 2.24. The molecule has 1 aromatic carbocycles. The Hall–Kier alpha value is -1.66. The highest BCUT2D eigenvalue weighted by atomic mass is 19.1. The van der Waals surface area contributed by atoms with E-state index in [1.807, 2.05) is 0 Å². The summed E-state index contributed by atoms with van der Waals surface area (Å²) in [5.74, 6) is -0.425. The second kappa shape index (κ2) is 6.04. The van der Waals surface area contributed by atoms with E-state index in [2.05, 4.69) is 15.5 Å². The number of rotatable bonds is 5. The van der Waals surface area contributed by atoms with Crippen molar-refractivity contribution >= 4 is 6.09 Å². The molecule has 0 fully saturated rings.